The van der Waals surface area contributed by atoms with Crippen molar-refractivity contribution < 1.29 is 41.8 Å². The number of urea groups is 1. The fourth-order valence-electron chi connectivity index (χ4n) is 5.14. The summed E-state index contributed by atoms with van der Waals surface area (Å²) >= 11 is 0. The molecular formula is C29H35N5O9S. The van der Waals surface area contributed by atoms with Crippen LogP contribution in [0, 0.1) is 19.8 Å². The van der Waals surface area contributed by atoms with Gasteiger partial charge in [-0.05, 0) is 45.0 Å². The van der Waals surface area contributed by atoms with E-state index in [2.05, 4.69) is 15.2 Å². The monoisotopic (exact) mass is 629 g/mol. The van der Waals surface area contributed by atoms with Crippen molar-refractivity contribution in [1.29, 1.82) is 0 Å². The molecule has 2 aliphatic heterocycles. The topological polar surface area (TPSA) is 173 Å². The van der Waals surface area contributed by atoms with E-state index in [1.165, 1.54) is 41.8 Å². The Kier molecular flexibility index (Phi) is 8.61. The highest BCUT2D eigenvalue weighted by atomic mass is 32.2. The standard InChI is InChI=1S/C29H35N5O9S/c1-16-12-34(17(2)14-35)28(36)21-7-6-8-22(32-44(38,39)27-18(3)31-43-19(27)4)26(21)42-25(16)13-33(5)29(37)30-20-9-10-23-24(11-20)41-15-40-23/h6-11,16-17,25,32,35H,12-15H2,1-5H3,(H,30,37)/t16-,17-,25-/m0/s1. The van der Waals surface area contributed by atoms with Crippen molar-refractivity contribution in [2.24, 2.45) is 5.92 Å². The molecule has 3 heterocycles. The van der Waals surface area contributed by atoms with E-state index in [0.29, 0.717) is 17.2 Å². The Labute approximate surface area is 254 Å². The molecule has 15 heteroatoms. The van der Waals surface area contributed by atoms with Crippen LogP contribution in [0.25, 0.3) is 0 Å². The van der Waals surface area contributed by atoms with Crippen molar-refractivity contribution in [3.63, 3.8) is 0 Å². The minimum Gasteiger partial charge on any atom is -0.485 e. The first-order valence-electron chi connectivity index (χ1n) is 14.0. The fraction of sp³-hybridized carbons (Fsp3) is 0.414. The van der Waals surface area contributed by atoms with Gasteiger partial charge in [0.15, 0.2) is 27.9 Å². The van der Waals surface area contributed by atoms with E-state index >= 15 is 0 Å². The van der Waals surface area contributed by atoms with Gasteiger partial charge in [0, 0.05) is 31.3 Å². The summed E-state index contributed by atoms with van der Waals surface area (Å²) < 4.78 is 51.6. The molecule has 0 saturated heterocycles. The third kappa shape index (κ3) is 6.10. The number of aliphatic hydroxyl groups excluding tert-OH is 1. The van der Waals surface area contributed by atoms with E-state index in [9.17, 15) is 23.1 Å². The van der Waals surface area contributed by atoms with Crippen LogP contribution in [0.3, 0.4) is 0 Å². The Morgan fingerprint density at radius 3 is 2.66 bits per heavy atom. The zero-order valence-corrected chi connectivity index (χ0v) is 25.8. The van der Waals surface area contributed by atoms with Crippen LogP contribution in [0.5, 0.6) is 17.2 Å². The van der Waals surface area contributed by atoms with Gasteiger partial charge in [0.2, 0.25) is 6.79 Å². The van der Waals surface area contributed by atoms with E-state index in [1.807, 2.05) is 6.92 Å². The van der Waals surface area contributed by atoms with E-state index < -0.39 is 34.1 Å². The van der Waals surface area contributed by atoms with Crippen molar-refractivity contribution in [3.8, 4) is 17.2 Å². The maximum atomic E-state index is 13.8. The van der Waals surface area contributed by atoms with Crippen LogP contribution < -0.4 is 24.2 Å². The zero-order valence-electron chi connectivity index (χ0n) is 25.0. The Morgan fingerprint density at radius 1 is 1.20 bits per heavy atom. The molecule has 236 valence electrons. The number of fused-ring (bicyclic) bond motifs is 2. The average molecular weight is 630 g/mol. The SMILES string of the molecule is Cc1noc(C)c1S(=O)(=O)Nc1cccc2c1O[C@@H](CN(C)C(=O)Nc1ccc3c(c1)OCO3)[C@@H](C)CN([C@@H](C)CO)C2=O. The van der Waals surface area contributed by atoms with Gasteiger partial charge in [0.1, 0.15) is 11.8 Å². The van der Waals surface area contributed by atoms with Gasteiger partial charge in [-0.2, -0.15) is 0 Å². The molecular weight excluding hydrogens is 594 g/mol. The summed E-state index contributed by atoms with van der Waals surface area (Å²) in [6.07, 6.45) is -0.688. The lowest BCUT2D eigenvalue weighted by molar-refractivity contribution is 0.0373. The number of para-hydroxylation sites is 1. The normalized spacial score (nSPS) is 18.5. The molecule has 0 spiro atoms. The number of ether oxygens (including phenoxy) is 3. The highest BCUT2D eigenvalue weighted by Gasteiger charge is 2.36. The second-order valence-electron chi connectivity index (χ2n) is 10.9. The van der Waals surface area contributed by atoms with Crippen molar-refractivity contribution in [1.82, 2.24) is 15.0 Å². The van der Waals surface area contributed by atoms with E-state index in [4.69, 9.17) is 18.7 Å². The number of carbonyl (C=O) groups is 2. The third-order valence-electron chi connectivity index (χ3n) is 7.60. The van der Waals surface area contributed by atoms with Crippen molar-refractivity contribution in [2.75, 3.05) is 43.6 Å². The number of anilines is 2. The van der Waals surface area contributed by atoms with Gasteiger partial charge in [-0.3, -0.25) is 9.52 Å². The molecule has 0 unspecified atom stereocenters. The Hall–Kier alpha value is -4.50. The summed E-state index contributed by atoms with van der Waals surface area (Å²) in [7, 11) is -2.59. The first kappa shape index (κ1) is 30.9. The average Bonchev–Trinajstić information content (AvgIpc) is 3.59. The lowest BCUT2D eigenvalue weighted by Gasteiger charge is -2.38. The first-order chi connectivity index (χ1) is 20.9. The summed E-state index contributed by atoms with van der Waals surface area (Å²) in [5.74, 6) is 0.449. The summed E-state index contributed by atoms with van der Waals surface area (Å²) in [5.41, 5.74) is 0.815. The van der Waals surface area contributed by atoms with Gasteiger partial charge in [-0.25, -0.2) is 13.2 Å². The first-order valence-corrected chi connectivity index (χ1v) is 15.5. The molecule has 44 heavy (non-hydrogen) atoms. The van der Waals surface area contributed by atoms with Crippen molar-refractivity contribution >= 4 is 33.3 Å². The van der Waals surface area contributed by atoms with E-state index in [1.54, 1.807) is 32.2 Å². The van der Waals surface area contributed by atoms with Crippen LogP contribution in [0.4, 0.5) is 16.2 Å². The van der Waals surface area contributed by atoms with Crippen LogP contribution in [-0.2, 0) is 10.0 Å². The molecule has 3 aromatic rings. The number of amides is 3. The number of hydrogen-bond donors (Lipinski definition) is 3. The summed E-state index contributed by atoms with van der Waals surface area (Å²) in [4.78, 5) is 29.8. The van der Waals surface area contributed by atoms with Crippen molar-refractivity contribution in [3.05, 3.63) is 53.4 Å². The lowest BCUT2D eigenvalue weighted by Crippen LogP contribution is -2.50. The van der Waals surface area contributed by atoms with Crippen LogP contribution in [-0.4, -0.2) is 86.1 Å². The highest BCUT2D eigenvalue weighted by Crippen LogP contribution is 2.37. The molecule has 3 N–H and O–H groups in total. The smallest absolute Gasteiger partial charge is 0.321 e. The number of aliphatic hydroxyl groups is 1. The minimum absolute atomic E-state index is 0.00380. The van der Waals surface area contributed by atoms with Gasteiger partial charge in [0.25, 0.3) is 15.9 Å². The predicted octanol–water partition coefficient (Wildman–Crippen LogP) is 3.20. The zero-order chi connectivity index (χ0) is 31.8. The molecule has 5 rings (SSSR count). The fourth-order valence-corrected chi connectivity index (χ4v) is 6.54. The van der Waals surface area contributed by atoms with E-state index in [-0.39, 0.29) is 65.8 Å². The summed E-state index contributed by atoms with van der Waals surface area (Å²) in [6.45, 7) is 6.70. The van der Waals surface area contributed by atoms with E-state index in [0.717, 1.165) is 0 Å². The van der Waals surface area contributed by atoms with Gasteiger partial charge < -0.3 is 39.0 Å². The number of benzene rings is 2. The molecule has 3 atom stereocenters. The minimum atomic E-state index is -4.19. The number of carbonyl (C=O) groups excluding carboxylic acids is 2. The van der Waals surface area contributed by atoms with Crippen LogP contribution >= 0.6 is 0 Å². The summed E-state index contributed by atoms with van der Waals surface area (Å²) in [6, 6.07) is 8.66. The molecule has 1 aromatic heterocycles. The highest BCUT2D eigenvalue weighted by molar-refractivity contribution is 7.92. The van der Waals surface area contributed by atoms with Gasteiger partial charge in [-0.15, -0.1) is 0 Å². The lowest BCUT2D eigenvalue weighted by atomic mass is 9.99. The molecule has 0 radical (unpaired) electrons. The second kappa shape index (κ2) is 12.2. The molecule has 0 fully saturated rings. The molecule has 2 aliphatic rings. The predicted molar refractivity (Wildman–Crippen MR) is 159 cm³/mol. The molecule has 2 aromatic carbocycles. The molecule has 3 amide bonds. The number of likely N-dealkylation sites (N-methyl/N-ethyl adjacent to an activating group) is 1. The maximum Gasteiger partial charge on any atom is 0.321 e. The van der Waals surface area contributed by atoms with Gasteiger partial charge in [-0.1, -0.05) is 18.1 Å². The van der Waals surface area contributed by atoms with Gasteiger partial charge in [0.05, 0.1) is 30.4 Å². The van der Waals surface area contributed by atoms with Crippen LogP contribution in [0.15, 0.2) is 45.8 Å². The number of rotatable bonds is 8. The number of nitrogens with zero attached hydrogens (tertiary/aromatic N) is 3. The molecule has 0 saturated carbocycles. The molecule has 14 nitrogen and oxygen atoms in total. The number of hydrogen-bond acceptors (Lipinski definition) is 10. The van der Waals surface area contributed by atoms with Crippen LogP contribution in [0.1, 0.15) is 35.7 Å². The molecule has 0 aliphatic carbocycles. The van der Waals surface area contributed by atoms with Crippen molar-refractivity contribution in [2.45, 2.75) is 44.7 Å². The number of aromatic nitrogens is 1. The van der Waals surface area contributed by atoms with Crippen LogP contribution in [0.2, 0.25) is 0 Å². The largest absolute Gasteiger partial charge is 0.485 e. The number of sulfonamides is 1. The number of aryl methyl sites for hydroxylation is 2. The Morgan fingerprint density at radius 2 is 1.95 bits per heavy atom. The Balaban J connectivity index is 1.46. The summed E-state index contributed by atoms with van der Waals surface area (Å²) in [5, 5.41) is 16.5. The molecule has 0 bridgehead atoms. The maximum absolute atomic E-state index is 13.8. The quantitative estimate of drug-likeness (QED) is 0.336. The number of nitrogens with one attached hydrogen (secondary N) is 2. The van der Waals surface area contributed by atoms with Gasteiger partial charge >= 0.3 is 6.03 Å². The third-order valence-corrected chi connectivity index (χ3v) is 9.21. The Bertz CT molecular complexity index is 1660. The second-order valence-corrected chi connectivity index (χ2v) is 12.6.